The van der Waals surface area contributed by atoms with E-state index in [2.05, 4.69) is 15.0 Å². The number of aromatic nitrogens is 3. The maximum atomic E-state index is 6.18. The Kier molecular flexibility index (Phi) is 2.19. The number of nitrogens with one attached hydrogen (secondary N) is 1. The second-order valence-electron chi connectivity index (χ2n) is 3.47. The standard InChI is InChI=1S/C11H8ClN3S/c1-6-15-9(5-16-6)7-4-14-11-10(7)8(12)2-3-13-11/h2-5H,1H3,(H,13,14). The summed E-state index contributed by atoms with van der Waals surface area (Å²) in [6.07, 6.45) is 3.59. The van der Waals surface area contributed by atoms with Crippen LogP contribution >= 0.6 is 22.9 Å². The molecule has 0 saturated heterocycles. The lowest BCUT2D eigenvalue weighted by Gasteiger charge is -1.96. The van der Waals surface area contributed by atoms with E-state index in [-0.39, 0.29) is 0 Å². The van der Waals surface area contributed by atoms with Gasteiger partial charge in [-0.05, 0) is 13.0 Å². The molecule has 1 N–H and O–H groups in total. The zero-order valence-electron chi connectivity index (χ0n) is 8.49. The molecule has 3 aromatic heterocycles. The van der Waals surface area contributed by atoms with E-state index >= 15 is 0 Å². The Morgan fingerprint density at radius 3 is 3.06 bits per heavy atom. The number of aryl methyl sites for hydroxylation is 1. The fraction of sp³-hybridized carbons (Fsp3) is 0.0909. The molecule has 0 radical (unpaired) electrons. The van der Waals surface area contributed by atoms with Gasteiger partial charge in [-0.1, -0.05) is 11.6 Å². The van der Waals surface area contributed by atoms with E-state index in [4.69, 9.17) is 11.6 Å². The van der Waals surface area contributed by atoms with Crippen LogP contribution in [0.25, 0.3) is 22.3 Å². The van der Waals surface area contributed by atoms with Gasteiger partial charge < -0.3 is 4.98 Å². The van der Waals surface area contributed by atoms with E-state index in [1.54, 1.807) is 23.6 Å². The molecule has 3 heterocycles. The number of hydrogen-bond donors (Lipinski definition) is 1. The average Bonchev–Trinajstić information content (AvgIpc) is 2.84. The molecule has 80 valence electrons. The second kappa shape index (κ2) is 3.57. The molecule has 0 fully saturated rings. The maximum absolute atomic E-state index is 6.18. The third-order valence-electron chi connectivity index (χ3n) is 2.42. The summed E-state index contributed by atoms with van der Waals surface area (Å²) in [5.41, 5.74) is 2.76. The molecule has 0 atom stereocenters. The monoisotopic (exact) mass is 249 g/mol. The highest BCUT2D eigenvalue weighted by atomic mass is 35.5. The van der Waals surface area contributed by atoms with E-state index < -0.39 is 0 Å². The third kappa shape index (κ3) is 1.42. The van der Waals surface area contributed by atoms with Crippen molar-refractivity contribution in [2.24, 2.45) is 0 Å². The number of fused-ring (bicyclic) bond motifs is 1. The Morgan fingerprint density at radius 1 is 1.44 bits per heavy atom. The van der Waals surface area contributed by atoms with Crippen LogP contribution in [0.15, 0.2) is 23.8 Å². The maximum Gasteiger partial charge on any atom is 0.139 e. The van der Waals surface area contributed by atoms with Gasteiger partial charge in [0.2, 0.25) is 0 Å². The minimum Gasteiger partial charge on any atom is -0.345 e. The average molecular weight is 250 g/mol. The number of pyridine rings is 1. The topological polar surface area (TPSA) is 41.6 Å². The molecule has 5 heteroatoms. The number of aromatic amines is 1. The van der Waals surface area contributed by atoms with Crippen LogP contribution < -0.4 is 0 Å². The SMILES string of the molecule is Cc1nc(-c2c[nH]c3nccc(Cl)c23)cs1. The number of nitrogens with zero attached hydrogens (tertiary/aromatic N) is 2. The van der Waals surface area contributed by atoms with Crippen LogP contribution in [0.4, 0.5) is 0 Å². The molecule has 0 bridgehead atoms. The molecule has 0 amide bonds. The van der Waals surface area contributed by atoms with Crippen molar-refractivity contribution in [1.82, 2.24) is 15.0 Å². The van der Waals surface area contributed by atoms with Crippen molar-refractivity contribution in [2.45, 2.75) is 6.92 Å². The van der Waals surface area contributed by atoms with Crippen molar-refractivity contribution in [2.75, 3.05) is 0 Å². The van der Waals surface area contributed by atoms with Gasteiger partial charge in [0.25, 0.3) is 0 Å². The molecular weight excluding hydrogens is 242 g/mol. The Hall–Kier alpha value is -1.39. The van der Waals surface area contributed by atoms with Gasteiger partial charge in [-0.25, -0.2) is 9.97 Å². The first-order chi connectivity index (χ1) is 7.75. The Labute approximate surface area is 101 Å². The van der Waals surface area contributed by atoms with E-state index in [0.29, 0.717) is 5.02 Å². The van der Waals surface area contributed by atoms with Crippen LogP contribution in [0.5, 0.6) is 0 Å². The summed E-state index contributed by atoms with van der Waals surface area (Å²) in [5, 5.41) is 4.71. The summed E-state index contributed by atoms with van der Waals surface area (Å²) in [7, 11) is 0. The van der Waals surface area contributed by atoms with Crippen molar-refractivity contribution >= 4 is 34.0 Å². The minimum absolute atomic E-state index is 0.701. The van der Waals surface area contributed by atoms with Crippen LogP contribution in [-0.4, -0.2) is 15.0 Å². The Morgan fingerprint density at radius 2 is 2.31 bits per heavy atom. The van der Waals surface area contributed by atoms with Crippen molar-refractivity contribution < 1.29 is 0 Å². The number of rotatable bonds is 1. The van der Waals surface area contributed by atoms with Crippen molar-refractivity contribution in [3.63, 3.8) is 0 Å². The van der Waals surface area contributed by atoms with E-state index in [9.17, 15) is 0 Å². The smallest absolute Gasteiger partial charge is 0.139 e. The summed E-state index contributed by atoms with van der Waals surface area (Å²) in [6, 6.07) is 1.79. The summed E-state index contributed by atoms with van der Waals surface area (Å²) in [6.45, 7) is 1.99. The fourth-order valence-electron chi connectivity index (χ4n) is 1.71. The van der Waals surface area contributed by atoms with Gasteiger partial charge in [0.15, 0.2) is 0 Å². The van der Waals surface area contributed by atoms with Gasteiger partial charge in [0.1, 0.15) is 5.65 Å². The minimum atomic E-state index is 0.701. The lowest BCUT2D eigenvalue weighted by Crippen LogP contribution is -1.78. The molecule has 0 aliphatic rings. The molecule has 0 spiro atoms. The third-order valence-corrected chi connectivity index (χ3v) is 3.51. The van der Waals surface area contributed by atoms with Crippen molar-refractivity contribution in [1.29, 1.82) is 0 Å². The highest BCUT2D eigenvalue weighted by molar-refractivity contribution is 7.09. The molecule has 3 rings (SSSR count). The van der Waals surface area contributed by atoms with E-state index in [0.717, 1.165) is 27.3 Å². The first-order valence-electron chi connectivity index (χ1n) is 4.80. The van der Waals surface area contributed by atoms with Crippen molar-refractivity contribution in [3.05, 3.63) is 33.9 Å². The lowest BCUT2D eigenvalue weighted by molar-refractivity contribution is 1.30. The summed E-state index contributed by atoms with van der Waals surface area (Å²) in [4.78, 5) is 11.8. The number of thiazole rings is 1. The van der Waals surface area contributed by atoms with Gasteiger partial charge in [-0.3, -0.25) is 0 Å². The lowest BCUT2D eigenvalue weighted by atomic mass is 10.2. The van der Waals surface area contributed by atoms with Crippen LogP contribution in [-0.2, 0) is 0 Å². The Balaban J connectivity index is 2.32. The quantitative estimate of drug-likeness (QED) is 0.715. The molecule has 16 heavy (non-hydrogen) atoms. The second-order valence-corrected chi connectivity index (χ2v) is 4.94. The first-order valence-corrected chi connectivity index (χ1v) is 6.05. The van der Waals surface area contributed by atoms with Crippen LogP contribution in [0, 0.1) is 6.92 Å². The summed E-state index contributed by atoms with van der Waals surface area (Å²) >= 11 is 7.80. The van der Waals surface area contributed by atoms with E-state index in [1.807, 2.05) is 18.5 Å². The predicted octanol–water partition coefficient (Wildman–Crippen LogP) is 3.65. The molecule has 0 aliphatic heterocycles. The van der Waals surface area contributed by atoms with Crippen LogP contribution in [0.2, 0.25) is 5.02 Å². The molecule has 0 aromatic carbocycles. The zero-order chi connectivity index (χ0) is 11.1. The molecule has 0 unspecified atom stereocenters. The molecule has 3 aromatic rings. The highest BCUT2D eigenvalue weighted by Crippen LogP contribution is 2.32. The summed E-state index contributed by atoms with van der Waals surface area (Å²) < 4.78 is 0. The zero-order valence-corrected chi connectivity index (χ0v) is 10.1. The van der Waals surface area contributed by atoms with Gasteiger partial charge in [0, 0.05) is 28.7 Å². The molecule has 3 nitrogen and oxygen atoms in total. The molecule has 0 aliphatic carbocycles. The highest BCUT2D eigenvalue weighted by Gasteiger charge is 2.12. The molecular formula is C11H8ClN3S. The largest absolute Gasteiger partial charge is 0.345 e. The number of H-pyrrole nitrogens is 1. The summed E-state index contributed by atoms with van der Waals surface area (Å²) in [5.74, 6) is 0. The van der Waals surface area contributed by atoms with Gasteiger partial charge in [-0.15, -0.1) is 11.3 Å². The number of hydrogen-bond acceptors (Lipinski definition) is 3. The van der Waals surface area contributed by atoms with Gasteiger partial charge in [-0.2, -0.15) is 0 Å². The van der Waals surface area contributed by atoms with Crippen LogP contribution in [0.3, 0.4) is 0 Å². The fourth-order valence-corrected chi connectivity index (χ4v) is 2.57. The first kappa shape index (κ1) is 9.81. The molecule has 0 saturated carbocycles. The van der Waals surface area contributed by atoms with Crippen LogP contribution in [0.1, 0.15) is 5.01 Å². The normalized spacial score (nSPS) is 11.1. The predicted molar refractivity (Wildman–Crippen MR) is 66.9 cm³/mol. The van der Waals surface area contributed by atoms with E-state index in [1.165, 1.54) is 0 Å². The van der Waals surface area contributed by atoms with Gasteiger partial charge >= 0.3 is 0 Å². The Bertz CT molecular complexity index is 656. The van der Waals surface area contributed by atoms with Gasteiger partial charge in [0.05, 0.1) is 15.7 Å². The number of halogens is 1. The van der Waals surface area contributed by atoms with Crippen molar-refractivity contribution in [3.8, 4) is 11.3 Å².